The number of fused-ring (bicyclic) bond motifs is 4. The molecule has 3 aromatic carbocycles. The lowest BCUT2D eigenvalue weighted by Gasteiger charge is -2.38. The van der Waals surface area contributed by atoms with Crippen molar-refractivity contribution < 1.29 is 47.6 Å². The van der Waals surface area contributed by atoms with Gasteiger partial charge in [0, 0.05) is 63.5 Å². The van der Waals surface area contributed by atoms with Crippen molar-refractivity contribution in [2.24, 2.45) is 13.0 Å². The van der Waals surface area contributed by atoms with Crippen LogP contribution in [0.2, 0.25) is 0 Å². The lowest BCUT2D eigenvalue weighted by atomic mass is 9.94. The van der Waals surface area contributed by atoms with E-state index in [4.69, 9.17) is 19.2 Å². The van der Waals surface area contributed by atoms with Crippen molar-refractivity contribution in [3.8, 4) is 28.8 Å². The Kier molecular flexibility index (Phi) is 12.9. The Bertz CT molecular complexity index is 3280. The minimum atomic E-state index is -1.01. The number of hydrogen-bond donors (Lipinski definition) is 3. The third kappa shape index (κ3) is 9.02. The highest BCUT2D eigenvalue weighted by Gasteiger charge is 2.50. The number of rotatable bonds is 12. The summed E-state index contributed by atoms with van der Waals surface area (Å²) >= 11 is 0. The van der Waals surface area contributed by atoms with Crippen molar-refractivity contribution in [1.29, 1.82) is 0 Å². The average molecular weight is 1020 g/mol. The van der Waals surface area contributed by atoms with Crippen LogP contribution in [0.15, 0.2) is 53.5 Å². The van der Waals surface area contributed by atoms with Crippen LogP contribution in [0.4, 0.5) is 19.4 Å². The molecule has 5 aliphatic rings. The second-order valence-electron chi connectivity index (χ2n) is 21.2. The number of imide groups is 1. The van der Waals surface area contributed by atoms with Crippen LogP contribution in [-0.4, -0.2) is 132 Å². The van der Waals surface area contributed by atoms with Gasteiger partial charge < -0.3 is 34.2 Å². The van der Waals surface area contributed by atoms with E-state index in [2.05, 4.69) is 20.2 Å². The first-order valence-electron chi connectivity index (χ1n) is 25.9. The van der Waals surface area contributed by atoms with E-state index in [1.54, 1.807) is 43.1 Å². The number of carbonyl (C=O) groups is 3. The van der Waals surface area contributed by atoms with Crippen LogP contribution in [0.3, 0.4) is 0 Å². The Hall–Kier alpha value is -6.93. The average Bonchev–Trinajstić information content (AvgIpc) is 4.04. The summed E-state index contributed by atoms with van der Waals surface area (Å²) in [6, 6.07) is 10.3. The zero-order valence-electron chi connectivity index (χ0n) is 41.9. The smallest absolute Gasteiger partial charge is 0.409 e. The number of pyridine rings is 1. The van der Waals surface area contributed by atoms with Crippen molar-refractivity contribution in [3.63, 3.8) is 0 Å². The molecule has 3 aromatic heterocycles. The van der Waals surface area contributed by atoms with E-state index in [-0.39, 0.29) is 96.3 Å². The molecule has 3 amide bonds. The Labute approximate surface area is 425 Å². The van der Waals surface area contributed by atoms with Gasteiger partial charge >= 0.3 is 17.8 Å². The molecule has 11 rings (SSSR count). The Morgan fingerprint density at radius 1 is 0.919 bits per heavy atom. The van der Waals surface area contributed by atoms with Crippen LogP contribution in [0, 0.1) is 17.6 Å². The number of benzene rings is 3. The van der Waals surface area contributed by atoms with Gasteiger partial charge in [-0.2, -0.15) is 9.97 Å². The third-order valence-corrected chi connectivity index (χ3v) is 16.2. The van der Waals surface area contributed by atoms with E-state index < -0.39 is 29.2 Å². The number of phenols is 1. The van der Waals surface area contributed by atoms with Gasteiger partial charge in [-0.25, -0.2) is 18.4 Å². The molecule has 1 unspecified atom stereocenters. The van der Waals surface area contributed by atoms with Gasteiger partial charge in [-0.05, 0) is 130 Å². The largest absolute Gasteiger partial charge is 0.508 e. The molecule has 74 heavy (non-hydrogen) atoms. The highest BCUT2D eigenvalue weighted by atomic mass is 19.1. The summed E-state index contributed by atoms with van der Waals surface area (Å²) < 4.78 is 54.1. The molecule has 5 aliphatic heterocycles. The predicted octanol–water partition coefficient (Wildman–Crippen LogP) is 6.68. The monoisotopic (exact) mass is 1020 g/mol. The van der Waals surface area contributed by atoms with Gasteiger partial charge in [0.2, 0.25) is 11.8 Å². The molecule has 3 N–H and O–H groups in total. The third-order valence-electron chi connectivity index (χ3n) is 16.2. The van der Waals surface area contributed by atoms with Gasteiger partial charge in [0.05, 0.1) is 34.2 Å². The molecule has 6 aromatic rings. The fraction of sp³-hybridized carbons (Fsp3) is 0.500. The second kappa shape index (κ2) is 19.4. The van der Waals surface area contributed by atoms with E-state index in [1.165, 1.54) is 33.5 Å². The maximum Gasteiger partial charge on any atom is 0.409 e. The molecular formula is C54H61F2N9O9. The molecule has 18 nitrogen and oxygen atoms in total. The number of halogens is 2. The van der Waals surface area contributed by atoms with Gasteiger partial charge in [0.25, 0.3) is 0 Å². The van der Waals surface area contributed by atoms with Crippen LogP contribution in [-0.2, 0) is 27.8 Å². The Morgan fingerprint density at radius 2 is 1.73 bits per heavy atom. The molecule has 0 bridgehead atoms. The number of carbonyl (C=O) groups excluding carboxylic acids is 3. The number of aliphatic hydroxyl groups is 1. The SMILES string of the molecule is CCc1c(F)ccc2cc(O)cc(-c3ncc4c(N5CCC[C@@](C)(O)C5)nc(OC[C@@]56CCCN5[C@@H](COC(=O)N5CCC(COc7ccc8c(c7)n(C)c(=O)n8C7CCC(=O)NC7=O)CC5)CC6)nc4c3F)c12. The number of aromatic hydroxyl groups is 1. The zero-order chi connectivity index (χ0) is 51.6. The summed E-state index contributed by atoms with van der Waals surface area (Å²) in [6.07, 6.45) is 7.93. The molecule has 20 heteroatoms. The van der Waals surface area contributed by atoms with Crippen molar-refractivity contribution in [3.05, 3.63) is 76.3 Å². The molecule has 4 atom stereocenters. The summed E-state index contributed by atoms with van der Waals surface area (Å²) in [4.78, 5) is 71.2. The molecule has 390 valence electrons. The van der Waals surface area contributed by atoms with Crippen LogP contribution in [0.25, 0.3) is 44.0 Å². The number of nitrogens with one attached hydrogen (secondary N) is 1. The molecule has 0 aliphatic carbocycles. The van der Waals surface area contributed by atoms with Crippen molar-refractivity contribution in [1.82, 2.24) is 39.2 Å². The van der Waals surface area contributed by atoms with Gasteiger partial charge in [-0.1, -0.05) is 13.0 Å². The van der Waals surface area contributed by atoms with Crippen LogP contribution < -0.4 is 25.4 Å². The van der Waals surface area contributed by atoms with Crippen LogP contribution >= 0.6 is 0 Å². The summed E-state index contributed by atoms with van der Waals surface area (Å²) in [5.41, 5.74) is -0.0840. The predicted molar refractivity (Wildman–Crippen MR) is 270 cm³/mol. The Balaban J connectivity index is 0.740. The standard InChI is InChI=1S/C54H61F2N9O9/c1-4-36-39(55)9-7-32-23-34(66)24-37(44(32)36)46-45(56)47-38(26-57-46)48(63-19-5-16-53(2,71)29-63)60-50(59-47)74-30-54-17-6-20-64(54)33(13-18-54)28-73-52(70)62-21-14-31(15-22-62)27-72-35-8-10-40-42(25-35)61(3)51(69)65(40)41-11-12-43(67)58-49(41)68/h7-10,23-26,31,33,41,66,71H,4-6,11-22,27-30H2,1-3H3,(H,58,67,68)/t33-,41?,53-,54+/m1/s1. The fourth-order valence-electron chi connectivity index (χ4n) is 12.4. The number of aromatic nitrogens is 5. The highest BCUT2D eigenvalue weighted by molar-refractivity contribution is 6.02. The number of ether oxygens (including phenoxy) is 3. The summed E-state index contributed by atoms with van der Waals surface area (Å²) in [7, 11) is 1.64. The zero-order valence-corrected chi connectivity index (χ0v) is 41.9. The lowest BCUT2D eigenvalue weighted by Crippen LogP contribution is -2.48. The second-order valence-corrected chi connectivity index (χ2v) is 21.2. The van der Waals surface area contributed by atoms with Crippen molar-refractivity contribution in [2.45, 2.75) is 108 Å². The Morgan fingerprint density at radius 3 is 2.51 bits per heavy atom. The van der Waals surface area contributed by atoms with Crippen molar-refractivity contribution >= 4 is 56.4 Å². The topological polar surface area (TPSA) is 207 Å². The number of nitrogens with zero attached hydrogens (tertiary/aromatic N) is 8. The van der Waals surface area contributed by atoms with E-state index >= 15 is 8.78 Å². The normalized spacial score (nSPS) is 23.8. The number of amides is 3. The van der Waals surface area contributed by atoms with E-state index in [0.717, 1.165) is 45.1 Å². The molecule has 0 saturated carbocycles. The van der Waals surface area contributed by atoms with Gasteiger partial charge in [-0.15, -0.1) is 0 Å². The number of aryl methyl sites for hydroxylation is 2. The number of likely N-dealkylation sites (tertiary alicyclic amines) is 1. The van der Waals surface area contributed by atoms with Crippen LogP contribution in [0.5, 0.6) is 17.5 Å². The van der Waals surface area contributed by atoms with E-state index in [0.29, 0.717) is 89.8 Å². The number of anilines is 1. The van der Waals surface area contributed by atoms with Crippen molar-refractivity contribution in [2.75, 3.05) is 57.4 Å². The first-order chi connectivity index (χ1) is 35.6. The summed E-state index contributed by atoms with van der Waals surface area (Å²) in [5.74, 6) is -1.01. The first kappa shape index (κ1) is 49.3. The number of β-amino-alcohol motifs (C(OH)–C–C–N with tert-alkyl or cyclic N) is 1. The lowest BCUT2D eigenvalue weighted by molar-refractivity contribution is -0.135. The highest BCUT2D eigenvalue weighted by Crippen LogP contribution is 2.44. The fourth-order valence-corrected chi connectivity index (χ4v) is 12.4. The number of imidazole rings is 1. The minimum absolute atomic E-state index is 0.0292. The van der Waals surface area contributed by atoms with Gasteiger partial charge in [-0.3, -0.25) is 33.9 Å². The van der Waals surface area contributed by atoms with E-state index in [1.807, 2.05) is 11.8 Å². The first-order valence-corrected chi connectivity index (χ1v) is 25.9. The summed E-state index contributed by atoms with van der Waals surface area (Å²) in [6.45, 7) is 7.08. The molecular weight excluding hydrogens is 957 g/mol. The van der Waals surface area contributed by atoms with Crippen LogP contribution in [0.1, 0.15) is 89.7 Å². The number of piperidine rings is 3. The molecule has 5 saturated heterocycles. The maximum atomic E-state index is 17.2. The number of phenolic OH excluding ortho intramolecular Hbond substituents is 1. The minimum Gasteiger partial charge on any atom is -0.508 e. The molecule has 0 spiro atoms. The molecule has 8 heterocycles. The van der Waals surface area contributed by atoms with Gasteiger partial charge in [0.1, 0.15) is 53.6 Å². The quantitative estimate of drug-likeness (QED) is 0.110. The maximum absolute atomic E-state index is 17.2. The van der Waals surface area contributed by atoms with E-state index in [9.17, 15) is 29.4 Å². The van der Waals surface area contributed by atoms with Gasteiger partial charge in [0.15, 0.2) is 5.82 Å². The summed E-state index contributed by atoms with van der Waals surface area (Å²) in [5, 5.41) is 25.5. The molecule has 0 radical (unpaired) electrons. The molecule has 5 fully saturated rings. The number of hydrogen-bond acceptors (Lipinski definition) is 14.